The molecule has 0 fully saturated rings. The molecular weight excluding hydrogens is 224 g/mol. The SMILES string of the molecule is Cc1noc(C)c1CNC(=O)C(N)CC(N)=O. The Morgan fingerprint density at radius 3 is 2.59 bits per heavy atom. The predicted octanol–water partition coefficient (Wildman–Crippen LogP) is -0.890. The number of primary amides is 1. The van der Waals surface area contributed by atoms with Crippen molar-refractivity contribution in [1.82, 2.24) is 10.5 Å². The Labute approximate surface area is 98.5 Å². The molecule has 5 N–H and O–H groups in total. The molecule has 1 atom stereocenters. The molecule has 7 nitrogen and oxygen atoms in total. The third-order valence-corrected chi connectivity index (χ3v) is 2.38. The van der Waals surface area contributed by atoms with Crippen molar-refractivity contribution >= 4 is 11.8 Å². The zero-order chi connectivity index (χ0) is 13.0. The van der Waals surface area contributed by atoms with Crippen molar-refractivity contribution in [3.8, 4) is 0 Å². The van der Waals surface area contributed by atoms with Gasteiger partial charge in [-0.3, -0.25) is 9.59 Å². The predicted molar refractivity (Wildman–Crippen MR) is 59.6 cm³/mol. The average molecular weight is 240 g/mol. The lowest BCUT2D eigenvalue weighted by Crippen LogP contribution is -2.42. The molecule has 2 amide bonds. The minimum absolute atomic E-state index is 0.173. The van der Waals surface area contributed by atoms with Crippen molar-refractivity contribution in [1.29, 1.82) is 0 Å². The fourth-order valence-electron chi connectivity index (χ4n) is 1.37. The minimum atomic E-state index is -0.923. The molecular formula is C10H16N4O3. The van der Waals surface area contributed by atoms with Crippen LogP contribution in [0.4, 0.5) is 0 Å². The number of nitrogens with zero attached hydrogens (tertiary/aromatic N) is 1. The van der Waals surface area contributed by atoms with Crippen LogP contribution < -0.4 is 16.8 Å². The number of hydrogen-bond acceptors (Lipinski definition) is 5. The van der Waals surface area contributed by atoms with Crippen molar-refractivity contribution < 1.29 is 14.1 Å². The molecule has 0 spiro atoms. The Bertz CT molecular complexity index is 408. The maximum atomic E-state index is 11.5. The minimum Gasteiger partial charge on any atom is -0.370 e. The lowest BCUT2D eigenvalue weighted by atomic mass is 10.1. The van der Waals surface area contributed by atoms with Crippen molar-refractivity contribution in [2.24, 2.45) is 11.5 Å². The quantitative estimate of drug-likeness (QED) is 0.615. The average Bonchev–Trinajstić information content (AvgIpc) is 2.54. The number of nitrogens with two attached hydrogens (primary N) is 2. The second-order valence-corrected chi connectivity index (χ2v) is 3.80. The van der Waals surface area contributed by atoms with E-state index in [0.717, 1.165) is 5.56 Å². The lowest BCUT2D eigenvalue weighted by molar-refractivity contribution is -0.126. The van der Waals surface area contributed by atoms with E-state index < -0.39 is 17.9 Å². The van der Waals surface area contributed by atoms with E-state index >= 15 is 0 Å². The van der Waals surface area contributed by atoms with Crippen molar-refractivity contribution in [3.05, 3.63) is 17.0 Å². The summed E-state index contributed by atoms with van der Waals surface area (Å²) in [5.41, 5.74) is 12.0. The van der Waals surface area contributed by atoms with E-state index in [-0.39, 0.29) is 13.0 Å². The van der Waals surface area contributed by atoms with E-state index in [2.05, 4.69) is 10.5 Å². The van der Waals surface area contributed by atoms with Gasteiger partial charge in [0.15, 0.2) is 0 Å². The molecule has 94 valence electrons. The zero-order valence-electron chi connectivity index (χ0n) is 9.82. The second-order valence-electron chi connectivity index (χ2n) is 3.80. The van der Waals surface area contributed by atoms with Crippen LogP contribution in [0.5, 0.6) is 0 Å². The molecule has 0 aliphatic rings. The van der Waals surface area contributed by atoms with Gasteiger partial charge < -0.3 is 21.3 Å². The first-order valence-electron chi connectivity index (χ1n) is 5.15. The van der Waals surface area contributed by atoms with Gasteiger partial charge in [0, 0.05) is 12.1 Å². The largest absolute Gasteiger partial charge is 0.370 e. The highest BCUT2D eigenvalue weighted by atomic mass is 16.5. The van der Waals surface area contributed by atoms with Gasteiger partial charge in [-0.25, -0.2) is 0 Å². The molecule has 0 aliphatic carbocycles. The molecule has 1 heterocycles. The van der Waals surface area contributed by atoms with Crippen molar-refractivity contribution in [2.75, 3.05) is 0 Å². The molecule has 0 aliphatic heterocycles. The summed E-state index contributed by atoms with van der Waals surface area (Å²) in [6.07, 6.45) is -0.173. The van der Waals surface area contributed by atoms with E-state index in [1.807, 2.05) is 0 Å². The first kappa shape index (κ1) is 13.2. The first-order chi connectivity index (χ1) is 7.91. The summed E-state index contributed by atoms with van der Waals surface area (Å²) in [4.78, 5) is 22.1. The number of carbonyl (C=O) groups excluding carboxylic acids is 2. The van der Waals surface area contributed by atoms with Gasteiger partial charge in [0.2, 0.25) is 11.8 Å². The number of amides is 2. The van der Waals surface area contributed by atoms with Gasteiger partial charge in [-0.1, -0.05) is 5.16 Å². The zero-order valence-corrected chi connectivity index (χ0v) is 9.82. The summed E-state index contributed by atoms with van der Waals surface area (Å²) in [6.45, 7) is 3.80. The van der Waals surface area contributed by atoms with E-state index in [9.17, 15) is 9.59 Å². The Kier molecular flexibility index (Phi) is 4.22. The molecule has 1 aromatic heterocycles. The standard InChI is InChI=1S/C10H16N4O3/c1-5-7(6(2)17-14-5)4-13-10(16)8(11)3-9(12)15/h8H,3-4,11H2,1-2H3,(H2,12,15)(H,13,16). The van der Waals surface area contributed by atoms with E-state index in [1.54, 1.807) is 13.8 Å². The third kappa shape index (κ3) is 3.56. The Balaban J connectivity index is 2.51. The number of hydrogen-bond donors (Lipinski definition) is 3. The van der Waals surface area contributed by atoms with Crippen LogP contribution in [0.1, 0.15) is 23.4 Å². The molecule has 1 rings (SSSR count). The summed E-state index contributed by atoms with van der Waals surface area (Å²) in [5, 5.41) is 6.36. The van der Waals surface area contributed by atoms with Crippen LogP contribution in [-0.2, 0) is 16.1 Å². The molecule has 0 saturated carbocycles. The smallest absolute Gasteiger partial charge is 0.237 e. The fourth-order valence-corrected chi connectivity index (χ4v) is 1.37. The van der Waals surface area contributed by atoms with Crippen molar-refractivity contribution in [2.45, 2.75) is 32.9 Å². The summed E-state index contributed by atoms with van der Waals surface area (Å²) >= 11 is 0. The highest BCUT2D eigenvalue weighted by Crippen LogP contribution is 2.11. The van der Waals surface area contributed by atoms with E-state index in [0.29, 0.717) is 11.5 Å². The van der Waals surface area contributed by atoms with Gasteiger partial charge in [-0.15, -0.1) is 0 Å². The van der Waals surface area contributed by atoms with E-state index in [4.69, 9.17) is 16.0 Å². The highest BCUT2D eigenvalue weighted by molar-refractivity contribution is 5.87. The first-order valence-corrected chi connectivity index (χ1v) is 5.15. The molecule has 17 heavy (non-hydrogen) atoms. The summed E-state index contributed by atoms with van der Waals surface area (Å²) < 4.78 is 4.95. The number of carbonyl (C=O) groups is 2. The molecule has 0 saturated heterocycles. The second kappa shape index (κ2) is 5.44. The van der Waals surface area contributed by atoms with Crippen LogP contribution in [0.2, 0.25) is 0 Å². The van der Waals surface area contributed by atoms with Gasteiger partial charge in [0.1, 0.15) is 5.76 Å². The Morgan fingerprint density at radius 2 is 2.12 bits per heavy atom. The Hall–Kier alpha value is -1.89. The molecule has 0 bridgehead atoms. The van der Waals surface area contributed by atoms with Gasteiger partial charge in [0.25, 0.3) is 0 Å². The number of aryl methyl sites for hydroxylation is 2. The van der Waals surface area contributed by atoms with Crippen molar-refractivity contribution in [3.63, 3.8) is 0 Å². The van der Waals surface area contributed by atoms with Crippen LogP contribution >= 0.6 is 0 Å². The van der Waals surface area contributed by atoms with Gasteiger partial charge >= 0.3 is 0 Å². The molecule has 0 radical (unpaired) electrons. The van der Waals surface area contributed by atoms with Gasteiger partial charge in [0.05, 0.1) is 18.2 Å². The normalized spacial score (nSPS) is 12.2. The monoisotopic (exact) mass is 240 g/mol. The highest BCUT2D eigenvalue weighted by Gasteiger charge is 2.17. The molecule has 1 unspecified atom stereocenters. The Morgan fingerprint density at radius 1 is 1.47 bits per heavy atom. The van der Waals surface area contributed by atoms with Crippen LogP contribution in [0.3, 0.4) is 0 Å². The maximum Gasteiger partial charge on any atom is 0.237 e. The van der Waals surface area contributed by atoms with Gasteiger partial charge in [-0.2, -0.15) is 0 Å². The van der Waals surface area contributed by atoms with Crippen LogP contribution in [0.25, 0.3) is 0 Å². The van der Waals surface area contributed by atoms with E-state index in [1.165, 1.54) is 0 Å². The molecule has 0 aromatic carbocycles. The molecule has 1 aromatic rings. The number of nitrogens with one attached hydrogen (secondary N) is 1. The number of rotatable bonds is 5. The topological polar surface area (TPSA) is 124 Å². The maximum absolute atomic E-state index is 11.5. The number of aromatic nitrogens is 1. The van der Waals surface area contributed by atoms with Crippen LogP contribution in [0.15, 0.2) is 4.52 Å². The van der Waals surface area contributed by atoms with Crippen LogP contribution in [0, 0.1) is 13.8 Å². The summed E-state index contributed by atoms with van der Waals surface area (Å²) in [5.74, 6) is -0.389. The van der Waals surface area contributed by atoms with Gasteiger partial charge in [-0.05, 0) is 13.8 Å². The third-order valence-electron chi connectivity index (χ3n) is 2.38. The molecule has 7 heteroatoms. The fraction of sp³-hybridized carbons (Fsp3) is 0.500. The summed E-state index contributed by atoms with van der Waals surface area (Å²) in [7, 11) is 0. The summed E-state index contributed by atoms with van der Waals surface area (Å²) in [6, 6.07) is -0.923. The lowest BCUT2D eigenvalue weighted by Gasteiger charge is -2.10. The van der Waals surface area contributed by atoms with Crippen LogP contribution in [-0.4, -0.2) is 23.0 Å².